The molecule has 0 saturated heterocycles. The molecule has 0 amide bonds. The lowest BCUT2D eigenvalue weighted by molar-refractivity contribution is -0.134. The van der Waals surface area contributed by atoms with Crippen LogP contribution in [0.3, 0.4) is 0 Å². The van der Waals surface area contributed by atoms with Gasteiger partial charge in [0, 0.05) is 35.8 Å². The highest BCUT2D eigenvalue weighted by Crippen LogP contribution is 2.25. The summed E-state index contributed by atoms with van der Waals surface area (Å²) in [4.78, 5) is 15.5. The predicted octanol–water partition coefficient (Wildman–Crippen LogP) is 3.64. The maximum absolute atomic E-state index is 11.4. The zero-order valence-corrected chi connectivity index (χ0v) is 11.4. The molecule has 4 heteroatoms. The molecule has 0 saturated carbocycles. The number of hydrogen-bond acceptors (Lipinski definition) is 3. The number of rotatable bonds is 4. The van der Waals surface area contributed by atoms with Crippen molar-refractivity contribution in [3.05, 3.63) is 58.9 Å². The van der Waals surface area contributed by atoms with Gasteiger partial charge in [0.25, 0.3) is 0 Å². The minimum absolute atomic E-state index is 0.255. The Kier molecular flexibility index (Phi) is 4.53. The Labute approximate surface area is 117 Å². The van der Waals surface area contributed by atoms with E-state index in [1.54, 1.807) is 31.5 Å². The van der Waals surface area contributed by atoms with Gasteiger partial charge in [-0.2, -0.15) is 0 Å². The van der Waals surface area contributed by atoms with Crippen LogP contribution in [0.25, 0.3) is 0 Å². The molecule has 0 spiro atoms. The maximum Gasteiger partial charge on any atom is 0.310 e. The smallest absolute Gasteiger partial charge is 0.310 e. The molecule has 0 aliphatic rings. The van der Waals surface area contributed by atoms with Gasteiger partial charge in [-0.05, 0) is 29.8 Å². The zero-order chi connectivity index (χ0) is 13.7. The number of nitrogens with zero attached hydrogens (tertiary/aromatic N) is 1. The van der Waals surface area contributed by atoms with Gasteiger partial charge in [0.15, 0.2) is 0 Å². The van der Waals surface area contributed by atoms with Crippen LogP contribution >= 0.6 is 11.6 Å². The molecule has 0 fully saturated rings. The fourth-order valence-electron chi connectivity index (χ4n) is 1.70. The van der Waals surface area contributed by atoms with Crippen molar-refractivity contribution in [2.75, 3.05) is 0 Å². The van der Waals surface area contributed by atoms with E-state index >= 15 is 0 Å². The third kappa shape index (κ3) is 3.80. The van der Waals surface area contributed by atoms with Crippen LogP contribution in [0.15, 0.2) is 42.7 Å². The number of benzene rings is 1. The SMILES string of the molecule is CCC(=O)Oc1ccc(Cl)cc1Cc1cccnc1. The van der Waals surface area contributed by atoms with Crippen molar-refractivity contribution in [1.29, 1.82) is 0 Å². The summed E-state index contributed by atoms with van der Waals surface area (Å²) in [5.41, 5.74) is 1.92. The van der Waals surface area contributed by atoms with Gasteiger partial charge in [-0.25, -0.2) is 0 Å². The lowest BCUT2D eigenvalue weighted by atomic mass is 10.1. The van der Waals surface area contributed by atoms with Gasteiger partial charge in [0.1, 0.15) is 5.75 Å². The van der Waals surface area contributed by atoms with E-state index in [0.29, 0.717) is 23.6 Å². The number of pyridine rings is 1. The summed E-state index contributed by atoms with van der Waals surface area (Å²) < 4.78 is 5.30. The topological polar surface area (TPSA) is 39.2 Å². The highest BCUT2D eigenvalue weighted by atomic mass is 35.5. The van der Waals surface area contributed by atoms with Crippen molar-refractivity contribution in [1.82, 2.24) is 4.98 Å². The monoisotopic (exact) mass is 275 g/mol. The first kappa shape index (κ1) is 13.6. The highest BCUT2D eigenvalue weighted by molar-refractivity contribution is 6.30. The largest absolute Gasteiger partial charge is 0.426 e. The molecule has 3 nitrogen and oxygen atoms in total. The van der Waals surface area contributed by atoms with E-state index in [-0.39, 0.29) is 5.97 Å². The van der Waals surface area contributed by atoms with Crippen LogP contribution in [0.1, 0.15) is 24.5 Å². The third-order valence-corrected chi connectivity index (χ3v) is 2.89. The average molecular weight is 276 g/mol. The standard InChI is InChI=1S/C15H14ClNO2/c1-2-15(18)19-14-6-5-13(16)9-12(14)8-11-4-3-7-17-10-11/h3-7,9-10H,2,8H2,1H3. The summed E-state index contributed by atoms with van der Waals surface area (Å²) in [5.74, 6) is 0.301. The lowest BCUT2D eigenvalue weighted by Crippen LogP contribution is -2.07. The number of esters is 1. The van der Waals surface area contributed by atoms with Crippen molar-refractivity contribution in [2.24, 2.45) is 0 Å². The van der Waals surface area contributed by atoms with E-state index in [1.165, 1.54) is 0 Å². The second-order valence-corrected chi connectivity index (χ2v) is 4.55. The van der Waals surface area contributed by atoms with Gasteiger partial charge in [0.05, 0.1) is 0 Å². The van der Waals surface area contributed by atoms with Gasteiger partial charge in [-0.1, -0.05) is 24.6 Å². The quantitative estimate of drug-likeness (QED) is 0.632. The normalized spacial score (nSPS) is 10.2. The van der Waals surface area contributed by atoms with Crippen LogP contribution in [0.4, 0.5) is 0 Å². The number of aromatic nitrogens is 1. The molecule has 0 bridgehead atoms. The molecular formula is C15H14ClNO2. The zero-order valence-electron chi connectivity index (χ0n) is 10.6. The van der Waals surface area contributed by atoms with Crippen molar-refractivity contribution in [3.8, 4) is 5.75 Å². The van der Waals surface area contributed by atoms with Crippen LogP contribution in [0, 0.1) is 0 Å². The van der Waals surface area contributed by atoms with E-state index in [0.717, 1.165) is 11.1 Å². The van der Waals surface area contributed by atoms with Crippen LogP contribution < -0.4 is 4.74 Å². The van der Waals surface area contributed by atoms with Crippen LogP contribution in [-0.2, 0) is 11.2 Å². The molecule has 0 unspecified atom stereocenters. The van der Waals surface area contributed by atoms with Crippen molar-refractivity contribution >= 4 is 17.6 Å². The van der Waals surface area contributed by atoms with E-state index < -0.39 is 0 Å². The second-order valence-electron chi connectivity index (χ2n) is 4.12. The van der Waals surface area contributed by atoms with Gasteiger partial charge in [-0.15, -0.1) is 0 Å². The molecule has 0 aliphatic carbocycles. The summed E-state index contributed by atoms with van der Waals surface area (Å²) in [6.45, 7) is 1.76. The van der Waals surface area contributed by atoms with Crippen molar-refractivity contribution < 1.29 is 9.53 Å². The molecule has 98 valence electrons. The number of carbonyl (C=O) groups excluding carboxylic acids is 1. The highest BCUT2D eigenvalue weighted by Gasteiger charge is 2.09. The van der Waals surface area contributed by atoms with Gasteiger partial charge in [0.2, 0.25) is 0 Å². The van der Waals surface area contributed by atoms with E-state index in [1.807, 2.05) is 18.2 Å². The van der Waals surface area contributed by atoms with E-state index in [4.69, 9.17) is 16.3 Å². The minimum Gasteiger partial charge on any atom is -0.426 e. The summed E-state index contributed by atoms with van der Waals surface area (Å²) in [6, 6.07) is 9.10. The Bertz CT molecular complexity index is 570. The fraction of sp³-hybridized carbons (Fsp3) is 0.200. The second kappa shape index (κ2) is 6.34. The Morgan fingerprint density at radius 2 is 2.21 bits per heavy atom. The molecule has 0 N–H and O–H groups in total. The van der Waals surface area contributed by atoms with Crippen LogP contribution in [0.2, 0.25) is 5.02 Å². The summed E-state index contributed by atoms with van der Waals surface area (Å²) in [7, 11) is 0. The molecule has 0 atom stereocenters. The molecule has 1 aromatic heterocycles. The van der Waals surface area contributed by atoms with E-state index in [2.05, 4.69) is 4.98 Å². The van der Waals surface area contributed by atoms with Crippen molar-refractivity contribution in [2.45, 2.75) is 19.8 Å². The Balaban J connectivity index is 2.27. The maximum atomic E-state index is 11.4. The summed E-state index contributed by atoms with van der Waals surface area (Å²) >= 11 is 6.00. The first-order valence-corrected chi connectivity index (χ1v) is 6.45. The average Bonchev–Trinajstić information content (AvgIpc) is 2.43. The molecule has 0 aliphatic heterocycles. The number of ether oxygens (including phenoxy) is 1. The third-order valence-electron chi connectivity index (χ3n) is 2.65. The summed E-state index contributed by atoms with van der Waals surface area (Å²) in [6.07, 6.45) is 4.47. The Morgan fingerprint density at radius 1 is 1.37 bits per heavy atom. The van der Waals surface area contributed by atoms with Crippen LogP contribution in [-0.4, -0.2) is 11.0 Å². The van der Waals surface area contributed by atoms with E-state index in [9.17, 15) is 4.79 Å². The Hall–Kier alpha value is -1.87. The molecule has 1 heterocycles. The molecule has 1 aromatic carbocycles. The Morgan fingerprint density at radius 3 is 2.89 bits per heavy atom. The lowest BCUT2D eigenvalue weighted by Gasteiger charge is -2.10. The molecular weight excluding hydrogens is 262 g/mol. The van der Waals surface area contributed by atoms with Gasteiger partial charge < -0.3 is 4.74 Å². The molecule has 2 rings (SSSR count). The van der Waals surface area contributed by atoms with Gasteiger partial charge >= 0.3 is 5.97 Å². The molecule has 19 heavy (non-hydrogen) atoms. The summed E-state index contributed by atoms with van der Waals surface area (Å²) in [5, 5.41) is 0.621. The van der Waals surface area contributed by atoms with Crippen molar-refractivity contribution in [3.63, 3.8) is 0 Å². The first-order chi connectivity index (χ1) is 9.19. The minimum atomic E-state index is -0.255. The first-order valence-electron chi connectivity index (χ1n) is 6.07. The van der Waals surface area contributed by atoms with Gasteiger partial charge in [-0.3, -0.25) is 9.78 Å². The molecule has 0 radical (unpaired) electrons. The molecule has 2 aromatic rings. The predicted molar refractivity (Wildman–Crippen MR) is 74.4 cm³/mol. The number of hydrogen-bond donors (Lipinski definition) is 0. The van der Waals surface area contributed by atoms with Crippen LogP contribution in [0.5, 0.6) is 5.75 Å². The fourth-order valence-corrected chi connectivity index (χ4v) is 1.90. The number of halogens is 1. The number of carbonyl (C=O) groups is 1.